The lowest BCUT2D eigenvalue weighted by atomic mass is 10.0. The van der Waals surface area contributed by atoms with Gasteiger partial charge in [-0.15, -0.1) is 0 Å². The second-order valence-corrected chi connectivity index (χ2v) is 8.72. The molecule has 162 valence electrons. The maximum atomic E-state index is 5.60. The molecule has 2 N–H and O–H groups in total. The molecule has 0 saturated carbocycles. The minimum Gasteiger partial charge on any atom is -0.465 e. The van der Waals surface area contributed by atoms with Gasteiger partial charge >= 0.3 is 0 Å². The molecule has 1 atom stereocenters. The van der Waals surface area contributed by atoms with Gasteiger partial charge in [0.05, 0.1) is 6.54 Å². The maximum Gasteiger partial charge on any atom is 0.232 e. The first-order chi connectivity index (χ1) is 14.6. The zero-order chi connectivity index (χ0) is 20.9. The summed E-state index contributed by atoms with van der Waals surface area (Å²) < 4.78 is 5.60. The van der Waals surface area contributed by atoms with Gasteiger partial charge in [0, 0.05) is 31.7 Å². The van der Waals surface area contributed by atoms with Crippen LogP contribution in [0.1, 0.15) is 57.0 Å². The molecule has 30 heavy (non-hydrogen) atoms. The molecular weight excluding hydrogens is 396 g/mol. The average molecular weight is 429 g/mol. The molecular formula is C22H32N6OS. The zero-order valence-corrected chi connectivity index (χ0v) is 18.8. The lowest BCUT2D eigenvalue weighted by Gasteiger charge is -2.35. The first-order valence-electron chi connectivity index (χ1n) is 11.1. The van der Waals surface area contributed by atoms with Gasteiger partial charge in [-0.1, -0.05) is 0 Å². The molecule has 4 rings (SSSR count). The van der Waals surface area contributed by atoms with Crippen molar-refractivity contribution >= 4 is 34.9 Å². The number of thiocarbonyl (C=S) groups is 1. The largest absolute Gasteiger partial charge is 0.465 e. The number of rotatable bonds is 5. The van der Waals surface area contributed by atoms with Crippen molar-refractivity contribution in [2.45, 2.75) is 65.0 Å². The Morgan fingerprint density at radius 1 is 1.10 bits per heavy atom. The van der Waals surface area contributed by atoms with Crippen LogP contribution in [0.25, 0.3) is 0 Å². The minimum atomic E-state index is 0.489. The summed E-state index contributed by atoms with van der Waals surface area (Å²) in [5, 5.41) is 6.88. The minimum absolute atomic E-state index is 0.489. The molecule has 0 amide bonds. The Morgan fingerprint density at radius 3 is 2.60 bits per heavy atom. The molecule has 0 bridgehead atoms. The second kappa shape index (κ2) is 9.64. The number of hydrogen-bond donors (Lipinski definition) is 2. The fourth-order valence-electron chi connectivity index (χ4n) is 4.24. The standard InChI is InChI=1S/C22H32N6OS/c1-16-8-4-7-13-28(16)20-14-19(27-11-5-3-6-12-27)24-21(25-20)26-22(30)23-15-18-10-9-17(2)29-18/h9-10,14,16H,3-8,11-13,15H2,1-2H3,(H2,23,24,25,26,30). The number of hydrogen-bond acceptors (Lipinski definition) is 6. The average Bonchev–Trinajstić information content (AvgIpc) is 3.18. The molecule has 2 aliphatic heterocycles. The van der Waals surface area contributed by atoms with Gasteiger partial charge in [0.25, 0.3) is 0 Å². The van der Waals surface area contributed by atoms with Crippen LogP contribution in [0.15, 0.2) is 22.6 Å². The van der Waals surface area contributed by atoms with Gasteiger partial charge in [-0.3, -0.25) is 0 Å². The first kappa shape index (κ1) is 20.9. The van der Waals surface area contributed by atoms with Crippen molar-refractivity contribution in [3.63, 3.8) is 0 Å². The molecule has 2 fully saturated rings. The van der Waals surface area contributed by atoms with Crippen LogP contribution in [-0.4, -0.2) is 40.8 Å². The summed E-state index contributed by atoms with van der Waals surface area (Å²) >= 11 is 5.49. The van der Waals surface area contributed by atoms with Gasteiger partial charge in [0.1, 0.15) is 23.2 Å². The van der Waals surface area contributed by atoms with E-state index < -0.39 is 0 Å². The highest BCUT2D eigenvalue weighted by Gasteiger charge is 2.23. The third-order valence-electron chi connectivity index (χ3n) is 5.92. The summed E-state index contributed by atoms with van der Waals surface area (Å²) in [5.41, 5.74) is 0. The van der Waals surface area contributed by atoms with Crippen LogP contribution in [0.2, 0.25) is 0 Å². The summed E-state index contributed by atoms with van der Waals surface area (Å²) in [7, 11) is 0. The maximum absolute atomic E-state index is 5.60. The molecule has 8 heteroatoms. The molecule has 2 aliphatic rings. The molecule has 2 aromatic heterocycles. The van der Waals surface area contributed by atoms with Crippen LogP contribution in [0.3, 0.4) is 0 Å². The second-order valence-electron chi connectivity index (χ2n) is 8.31. The van der Waals surface area contributed by atoms with E-state index in [1.807, 2.05) is 19.1 Å². The molecule has 0 spiro atoms. The Hall–Kier alpha value is -2.35. The Bertz CT molecular complexity index is 863. The fraction of sp³-hybridized carbons (Fsp3) is 0.591. The lowest BCUT2D eigenvalue weighted by molar-refractivity contribution is 0.478. The van der Waals surface area contributed by atoms with E-state index in [2.05, 4.69) is 33.4 Å². The molecule has 7 nitrogen and oxygen atoms in total. The highest BCUT2D eigenvalue weighted by Crippen LogP contribution is 2.28. The van der Waals surface area contributed by atoms with E-state index in [1.165, 1.54) is 38.5 Å². The number of nitrogens with one attached hydrogen (secondary N) is 2. The normalized spacial score (nSPS) is 19.6. The van der Waals surface area contributed by atoms with Gasteiger partial charge in [-0.05, 0) is 76.7 Å². The number of aryl methyl sites for hydroxylation is 1. The van der Waals surface area contributed by atoms with Crippen LogP contribution in [-0.2, 0) is 6.54 Å². The van der Waals surface area contributed by atoms with E-state index in [0.717, 1.165) is 42.8 Å². The molecule has 0 aliphatic carbocycles. The summed E-state index contributed by atoms with van der Waals surface area (Å²) in [4.78, 5) is 14.4. The van der Waals surface area contributed by atoms with Crippen molar-refractivity contribution in [1.29, 1.82) is 0 Å². The summed E-state index contributed by atoms with van der Waals surface area (Å²) in [6.45, 7) is 7.88. The molecule has 2 aromatic rings. The van der Waals surface area contributed by atoms with Crippen LogP contribution in [0.4, 0.5) is 17.6 Å². The topological polar surface area (TPSA) is 69.5 Å². The van der Waals surface area contributed by atoms with E-state index in [9.17, 15) is 0 Å². The third kappa shape index (κ3) is 5.22. The number of aromatic nitrogens is 2. The van der Waals surface area contributed by atoms with Crippen molar-refractivity contribution in [3.05, 3.63) is 29.7 Å². The SMILES string of the molecule is Cc1ccc(CNC(=S)Nc2nc(N3CCCCC3)cc(N3CCCCC3C)n2)o1. The van der Waals surface area contributed by atoms with Crippen molar-refractivity contribution in [3.8, 4) is 0 Å². The van der Waals surface area contributed by atoms with Crippen molar-refractivity contribution in [2.24, 2.45) is 0 Å². The van der Waals surface area contributed by atoms with E-state index in [0.29, 0.717) is 23.6 Å². The van der Waals surface area contributed by atoms with Crippen LogP contribution < -0.4 is 20.4 Å². The molecule has 2 saturated heterocycles. The number of furan rings is 1. The molecule has 0 aromatic carbocycles. The van der Waals surface area contributed by atoms with Gasteiger partial charge in [0.15, 0.2) is 5.11 Å². The van der Waals surface area contributed by atoms with E-state index >= 15 is 0 Å². The van der Waals surface area contributed by atoms with Gasteiger partial charge in [-0.25, -0.2) is 0 Å². The Kier molecular flexibility index (Phi) is 6.72. The first-order valence-corrected chi connectivity index (χ1v) is 11.5. The predicted octanol–water partition coefficient (Wildman–Crippen LogP) is 4.23. The van der Waals surface area contributed by atoms with Gasteiger partial charge < -0.3 is 24.9 Å². The van der Waals surface area contributed by atoms with Crippen molar-refractivity contribution in [1.82, 2.24) is 15.3 Å². The van der Waals surface area contributed by atoms with E-state index in [-0.39, 0.29) is 0 Å². The molecule has 4 heterocycles. The molecule has 1 unspecified atom stereocenters. The smallest absolute Gasteiger partial charge is 0.232 e. The predicted molar refractivity (Wildman–Crippen MR) is 125 cm³/mol. The third-order valence-corrected chi connectivity index (χ3v) is 6.17. The number of piperidine rings is 2. The molecule has 0 radical (unpaired) electrons. The summed E-state index contributed by atoms with van der Waals surface area (Å²) in [6, 6.07) is 6.54. The van der Waals surface area contributed by atoms with Crippen LogP contribution >= 0.6 is 12.2 Å². The van der Waals surface area contributed by atoms with Crippen LogP contribution in [0, 0.1) is 6.92 Å². The highest BCUT2D eigenvalue weighted by molar-refractivity contribution is 7.80. The van der Waals surface area contributed by atoms with Crippen molar-refractivity contribution in [2.75, 3.05) is 34.8 Å². The Morgan fingerprint density at radius 2 is 1.87 bits per heavy atom. The zero-order valence-electron chi connectivity index (χ0n) is 18.0. The Balaban J connectivity index is 1.51. The number of nitrogens with zero attached hydrogens (tertiary/aromatic N) is 4. The van der Waals surface area contributed by atoms with Crippen LogP contribution in [0.5, 0.6) is 0 Å². The fourth-order valence-corrected chi connectivity index (χ4v) is 4.41. The van der Waals surface area contributed by atoms with E-state index in [4.69, 9.17) is 26.6 Å². The highest BCUT2D eigenvalue weighted by atomic mass is 32.1. The summed E-state index contributed by atoms with van der Waals surface area (Å²) in [6.07, 6.45) is 7.42. The van der Waals surface area contributed by atoms with Gasteiger partial charge in [-0.2, -0.15) is 9.97 Å². The summed E-state index contributed by atoms with van der Waals surface area (Å²) in [5.74, 6) is 4.28. The van der Waals surface area contributed by atoms with Gasteiger partial charge in [0.2, 0.25) is 5.95 Å². The lowest BCUT2D eigenvalue weighted by Crippen LogP contribution is -2.39. The Labute approximate surface area is 184 Å². The van der Waals surface area contributed by atoms with Crippen molar-refractivity contribution < 1.29 is 4.42 Å². The van der Waals surface area contributed by atoms with E-state index in [1.54, 1.807) is 0 Å². The monoisotopic (exact) mass is 428 g/mol. The number of anilines is 3. The quantitative estimate of drug-likeness (QED) is 0.686.